The molecule has 0 radical (unpaired) electrons. The molecule has 0 amide bonds. The maximum Gasteiger partial charge on any atom is 0.0524 e. The predicted molar refractivity (Wildman–Crippen MR) is 77.6 cm³/mol. The fourth-order valence-corrected chi connectivity index (χ4v) is 3.43. The third-order valence-electron chi connectivity index (χ3n) is 4.43. The highest BCUT2D eigenvalue weighted by Crippen LogP contribution is 2.36. The maximum atomic E-state index is 9.52. The van der Waals surface area contributed by atoms with Gasteiger partial charge in [0.2, 0.25) is 0 Å². The van der Waals surface area contributed by atoms with Gasteiger partial charge in [0.1, 0.15) is 0 Å². The molecule has 0 saturated heterocycles. The molecule has 3 heteroatoms. The van der Waals surface area contributed by atoms with Gasteiger partial charge in [0.25, 0.3) is 0 Å². The Balaban J connectivity index is 2.71. The SMILES string of the molecule is CCCN(CCC(C)O)C1(CN)CCCC(C)C1. The highest BCUT2D eigenvalue weighted by molar-refractivity contribution is 4.96. The van der Waals surface area contributed by atoms with Gasteiger partial charge in [-0.1, -0.05) is 26.7 Å². The average Bonchev–Trinajstić information content (AvgIpc) is 2.34. The van der Waals surface area contributed by atoms with Gasteiger partial charge < -0.3 is 10.8 Å². The molecule has 1 aliphatic carbocycles. The molecule has 1 saturated carbocycles. The van der Waals surface area contributed by atoms with Crippen molar-refractivity contribution in [2.75, 3.05) is 19.6 Å². The molecule has 0 heterocycles. The lowest BCUT2D eigenvalue weighted by Crippen LogP contribution is -2.57. The second-order valence-electron chi connectivity index (χ2n) is 6.25. The minimum Gasteiger partial charge on any atom is -0.393 e. The molecule has 0 aromatic heterocycles. The fourth-order valence-electron chi connectivity index (χ4n) is 3.43. The summed E-state index contributed by atoms with van der Waals surface area (Å²) >= 11 is 0. The molecular formula is C15H32N2O. The van der Waals surface area contributed by atoms with E-state index >= 15 is 0 Å². The Morgan fingerprint density at radius 1 is 1.44 bits per heavy atom. The summed E-state index contributed by atoms with van der Waals surface area (Å²) < 4.78 is 0. The quantitative estimate of drug-likeness (QED) is 0.735. The smallest absolute Gasteiger partial charge is 0.0524 e. The molecule has 3 unspecified atom stereocenters. The van der Waals surface area contributed by atoms with Gasteiger partial charge in [0.15, 0.2) is 0 Å². The van der Waals surface area contributed by atoms with Gasteiger partial charge >= 0.3 is 0 Å². The number of nitrogens with two attached hydrogens (primary N) is 1. The van der Waals surface area contributed by atoms with E-state index in [9.17, 15) is 5.11 Å². The van der Waals surface area contributed by atoms with E-state index in [1.54, 1.807) is 0 Å². The summed E-state index contributed by atoms with van der Waals surface area (Å²) in [6.45, 7) is 9.31. The van der Waals surface area contributed by atoms with Crippen LogP contribution in [0.1, 0.15) is 59.3 Å². The zero-order valence-electron chi connectivity index (χ0n) is 12.5. The summed E-state index contributed by atoms with van der Waals surface area (Å²) in [5, 5.41) is 9.52. The lowest BCUT2D eigenvalue weighted by atomic mass is 9.75. The Morgan fingerprint density at radius 3 is 2.67 bits per heavy atom. The van der Waals surface area contributed by atoms with Crippen LogP contribution in [-0.4, -0.2) is 41.3 Å². The van der Waals surface area contributed by atoms with E-state index in [-0.39, 0.29) is 11.6 Å². The van der Waals surface area contributed by atoms with E-state index in [2.05, 4.69) is 18.7 Å². The molecule has 3 atom stereocenters. The van der Waals surface area contributed by atoms with E-state index in [1.165, 1.54) is 25.7 Å². The van der Waals surface area contributed by atoms with Gasteiger partial charge in [-0.3, -0.25) is 4.90 Å². The highest BCUT2D eigenvalue weighted by atomic mass is 16.3. The molecular weight excluding hydrogens is 224 g/mol. The Hall–Kier alpha value is -0.120. The molecule has 0 bridgehead atoms. The molecule has 3 nitrogen and oxygen atoms in total. The van der Waals surface area contributed by atoms with Gasteiger partial charge in [-0.2, -0.15) is 0 Å². The summed E-state index contributed by atoms with van der Waals surface area (Å²) in [5.74, 6) is 0.785. The van der Waals surface area contributed by atoms with Crippen molar-refractivity contribution in [2.24, 2.45) is 11.7 Å². The van der Waals surface area contributed by atoms with Gasteiger partial charge in [0.05, 0.1) is 6.10 Å². The van der Waals surface area contributed by atoms with Crippen LogP contribution in [0.3, 0.4) is 0 Å². The van der Waals surface area contributed by atoms with Gasteiger partial charge in [-0.25, -0.2) is 0 Å². The summed E-state index contributed by atoms with van der Waals surface area (Å²) in [7, 11) is 0. The largest absolute Gasteiger partial charge is 0.393 e. The van der Waals surface area contributed by atoms with Crippen molar-refractivity contribution in [2.45, 2.75) is 70.9 Å². The number of rotatable bonds is 7. The van der Waals surface area contributed by atoms with Gasteiger partial charge in [0, 0.05) is 18.6 Å². The zero-order valence-corrected chi connectivity index (χ0v) is 12.5. The Bertz CT molecular complexity index is 233. The first-order valence-electron chi connectivity index (χ1n) is 7.67. The van der Waals surface area contributed by atoms with Crippen LogP contribution in [-0.2, 0) is 0 Å². The molecule has 108 valence electrons. The molecule has 0 aromatic rings. The third-order valence-corrected chi connectivity index (χ3v) is 4.43. The van der Waals surface area contributed by atoms with Crippen molar-refractivity contribution in [1.29, 1.82) is 0 Å². The van der Waals surface area contributed by atoms with Crippen LogP contribution in [0.5, 0.6) is 0 Å². The monoisotopic (exact) mass is 256 g/mol. The lowest BCUT2D eigenvalue weighted by Gasteiger charge is -2.48. The van der Waals surface area contributed by atoms with Crippen LogP contribution >= 0.6 is 0 Å². The second kappa shape index (κ2) is 7.46. The van der Waals surface area contributed by atoms with Crippen LogP contribution < -0.4 is 5.73 Å². The summed E-state index contributed by atoms with van der Waals surface area (Å²) in [6.07, 6.45) is 6.91. The van der Waals surface area contributed by atoms with Crippen LogP contribution in [0.15, 0.2) is 0 Å². The van der Waals surface area contributed by atoms with E-state index in [0.29, 0.717) is 0 Å². The minimum absolute atomic E-state index is 0.197. The first kappa shape index (κ1) is 15.9. The van der Waals surface area contributed by atoms with Crippen LogP contribution in [0.4, 0.5) is 0 Å². The Kier molecular flexibility index (Phi) is 6.61. The van der Waals surface area contributed by atoms with Gasteiger partial charge in [-0.15, -0.1) is 0 Å². The molecule has 1 rings (SSSR count). The highest BCUT2D eigenvalue weighted by Gasteiger charge is 2.38. The van der Waals surface area contributed by atoms with Crippen molar-refractivity contribution in [3.05, 3.63) is 0 Å². The minimum atomic E-state index is -0.208. The number of aliphatic hydroxyl groups is 1. The van der Waals surface area contributed by atoms with Gasteiger partial charge in [-0.05, 0) is 45.1 Å². The predicted octanol–water partition coefficient (Wildman–Crippen LogP) is 2.38. The topological polar surface area (TPSA) is 49.5 Å². The van der Waals surface area contributed by atoms with Crippen LogP contribution in [0.2, 0.25) is 0 Å². The molecule has 18 heavy (non-hydrogen) atoms. The number of aliphatic hydroxyl groups excluding tert-OH is 1. The first-order chi connectivity index (χ1) is 8.54. The Morgan fingerprint density at radius 2 is 2.17 bits per heavy atom. The van der Waals surface area contributed by atoms with Crippen molar-refractivity contribution < 1.29 is 5.11 Å². The maximum absolute atomic E-state index is 9.52. The van der Waals surface area contributed by atoms with E-state index in [4.69, 9.17) is 5.73 Å². The molecule has 1 aliphatic rings. The van der Waals surface area contributed by atoms with E-state index in [0.717, 1.165) is 38.4 Å². The molecule has 0 spiro atoms. The summed E-state index contributed by atoms with van der Waals surface area (Å²) in [6, 6.07) is 0. The fraction of sp³-hybridized carbons (Fsp3) is 1.00. The average molecular weight is 256 g/mol. The number of hydrogen-bond acceptors (Lipinski definition) is 3. The summed E-state index contributed by atoms with van der Waals surface area (Å²) in [5.41, 5.74) is 6.33. The molecule has 0 aromatic carbocycles. The van der Waals surface area contributed by atoms with Crippen molar-refractivity contribution in [3.8, 4) is 0 Å². The van der Waals surface area contributed by atoms with Crippen LogP contribution in [0.25, 0.3) is 0 Å². The van der Waals surface area contributed by atoms with E-state index in [1.807, 2.05) is 6.92 Å². The molecule has 1 fully saturated rings. The normalized spacial score (nSPS) is 30.7. The Labute approximate surface area is 113 Å². The second-order valence-corrected chi connectivity index (χ2v) is 6.25. The standard InChI is InChI=1S/C15H32N2O/c1-4-9-17(10-7-14(3)18)15(12-16)8-5-6-13(2)11-15/h13-14,18H,4-12,16H2,1-3H3. The van der Waals surface area contributed by atoms with E-state index < -0.39 is 0 Å². The van der Waals surface area contributed by atoms with Crippen LogP contribution in [0, 0.1) is 5.92 Å². The molecule has 0 aliphatic heterocycles. The van der Waals surface area contributed by atoms with Crippen molar-refractivity contribution >= 4 is 0 Å². The summed E-state index contributed by atoms with van der Waals surface area (Å²) in [4.78, 5) is 2.56. The number of nitrogens with zero attached hydrogens (tertiary/aromatic N) is 1. The first-order valence-corrected chi connectivity index (χ1v) is 7.67. The third kappa shape index (κ3) is 4.22. The zero-order chi connectivity index (χ0) is 13.6. The molecule has 3 N–H and O–H groups in total. The van der Waals surface area contributed by atoms with Crippen molar-refractivity contribution in [3.63, 3.8) is 0 Å². The number of hydrogen-bond donors (Lipinski definition) is 2. The van der Waals surface area contributed by atoms with Crippen molar-refractivity contribution in [1.82, 2.24) is 4.90 Å². The lowest BCUT2D eigenvalue weighted by molar-refractivity contribution is 0.0279.